The van der Waals surface area contributed by atoms with Gasteiger partial charge in [-0.2, -0.15) is 4.98 Å². The van der Waals surface area contributed by atoms with Gasteiger partial charge < -0.3 is 19.7 Å². The van der Waals surface area contributed by atoms with E-state index in [1.54, 1.807) is 6.92 Å². The number of benzene rings is 1. The minimum Gasteiger partial charge on any atom is -0.464 e. The van der Waals surface area contributed by atoms with Crippen LogP contribution in [-0.4, -0.2) is 47.2 Å². The smallest absolute Gasteiger partial charge is 0.349 e. The summed E-state index contributed by atoms with van der Waals surface area (Å²) in [5.74, 6) is -0.387. The highest BCUT2D eigenvalue weighted by molar-refractivity contribution is 7.56. The van der Waals surface area contributed by atoms with Crippen molar-refractivity contribution in [2.75, 3.05) is 25.3 Å². The molecule has 1 aliphatic rings. The Labute approximate surface area is 173 Å². The van der Waals surface area contributed by atoms with Crippen LogP contribution in [0.15, 0.2) is 47.4 Å². The van der Waals surface area contributed by atoms with Crippen molar-refractivity contribution in [1.82, 2.24) is 14.6 Å². The van der Waals surface area contributed by atoms with Gasteiger partial charge in [-0.25, -0.2) is 9.88 Å². The van der Waals surface area contributed by atoms with Gasteiger partial charge in [0, 0.05) is 12.6 Å². The van der Waals surface area contributed by atoms with Crippen LogP contribution in [0.4, 0.5) is 5.82 Å². The summed E-state index contributed by atoms with van der Waals surface area (Å²) in [5.41, 5.74) is 6.02. The molecule has 30 heavy (non-hydrogen) atoms. The Morgan fingerprint density at radius 2 is 2.17 bits per heavy atom. The number of esters is 1. The molecule has 3 atom stereocenters. The van der Waals surface area contributed by atoms with Crippen molar-refractivity contribution in [1.29, 1.82) is 0 Å². The molecule has 1 fully saturated rings. The second-order valence-electron chi connectivity index (χ2n) is 6.93. The molecule has 2 unspecified atom stereocenters. The van der Waals surface area contributed by atoms with E-state index in [1.165, 1.54) is 16.8 Å². The molecule has 0 amide bonds. The largest absolute Gasteiger partial charge is 0.464 e. The van der Waals surface area contributed by atoms with E-state index in [0.717, 1.165) is 5.56 Å². The van der Waals surface area contributed by atoms with Gasteiger partial charge in [-0.1, -0.05) is 30.3 Å². The van der Waals surface area contributed by atoms with Gasteiger partial charge in [0.2, 0.25) is 0 Å². The van der Waals surface area contributed by atoms with Crippen LogP contribution in [0.2, 0.25) is 0 Å². The highest BCUT2D eigenvalue weighted by atomic mass is 31.2. The predicted molar refractivity (Wildman–Crippen MR) is 110 cm³/mol. The third-order valence-corrected chi connectivity index (χ3v) is 6.30. The number of nitrogen functional groups attached to an aromatic ring is 1. The van der Waals surface area contributed by atoms with E-state index in [0.29, 0.717) is 6.42 Å². The van der Waals surface area contributed by atoms with Crippen LogP contribution in [0.25, 0.3) is 0 Å². The second kappa shape index (κ2) is 9.99. The molecular weight excluding hydrogens is 411 g/mol. The lowest BCUT2D eigenvalue weighted by Crippen LogP contribution is -2.40. The molecule has 3 rings (SSSR count). The number of carbonyl (C=O) groups excluding carboxylic acids is 1. The molecule has 11 heteroatoms. The van der Waals surface area contributed by atoms with Gasteiger partial charge in [-0.15, -0.1) is 0 Å². The third kappa shape index (κ3) is 6.24. The number of hydrogen-bond donors (Lipinski definition) is 2. The number of rotatable bonds is 8. The molecule has 0 spiro atoms. The standard InChI is InChI=1S/C19H25N4O6P/c1-14(18(24)27-10-8-15-5-3-2-4-6-15)22-30(26)13-28-16(12-29-30)11-23-9-7-17(20)21-19(23)25/h2-7,9,14,16H,8,10-13H2,1H3,(H,22,26)(H2,20,21,25)/t14?,16-,30?/m0/s1. The van der Waals surface area contributed by atoms with Crippen LogP contribution in [0, 0.1) is 0 Å². The molecule has 3 N–H and O–H groups in total. The average molecular weight is 436 g/mol. The third-order valence-electron chi connectivity index (χ3n) is 4.47. The summed E-state index contributed by atoms with van der Waals surface area (Å²) in [6, 6.07) is 10.3. The maximum atomic E-state index is 12.8. The van der Waals surface area contributed by atoms with Gasteiger partial charge in [-0.3, -0.25) is 13.9 Å². The summed E-state index contributed by atoms with van der Waals surface area (Å²) in [6.07, 6.45) is 1.40. The summed E-state index contributed by atoms with van der Waals surface area (Å²) >= 11 is 0. The van der Waals surface area contributed by atoms with E-state index in [4.69, 9.17) is 19.7 Å². The lowest BCUT2D eigenvalue weighted by molar-refractivity contribution is -0.145. The fraction of sp³-hybridized carbons (Fsp3) is 0.421. The first-order valence-electron chi connectivity index (χ1n) is 9.51. The van der Waals surface area contributed by atoms with Crippen molar-refractivity contribution < 1.29 is 23.4 Å². The van der Waals surface area contributed by atoms with Crippen LogP contribution in [0.3, 0.4) is 0 Å². The van der Waals surface area contributed by atoms with E-state index < -0.39 is 31.3 Å². The minimum absolute atomic E-state index is 0.00311. The average Bonchev–Trinajstić information content (AvgIpc) is 2.72. The zero-order valence-electron chi connectivity index (χ0n) is 16.6. The molecule has 0 saturated carbocycles. The van der Waals surface area contributed by atoms with Crippen molar-refractivity contribution in [3.63, 3.8) is 0 Å². The lowest BCUT2D eigenvalue weighted by atomic mass is 10.2. The molecular formula is C19H25N4O6P. The number of nitrogens with zero attached hydrogens (tertiary/aromatic N) is 2. The van der Waals surface area contributed by atoms with E-state index >= 15 is 0 Å². The number of carbonyl (C=O) groups is 1. The first-order valence-corrected chi connectivity index (χ1v) is 11.3. The molecule has 162 valence electrons. The van der Waals surface area contributed by atoms with Crippen molar-refractivity contribution in [3.05, 3.63) is 58.6 Å². The van der Waals surface area contributed by atoms with E-state index in [-0.39, 0.29) is 31.9 Å². The number of nitrogens with two attached hydrogens (primary N) is 1. The van der Waals surface area contributed by atoms with Crippen LogP contribution in [-0.2, 0) is 36.3 Å². The molecule has 1 aliphatic heterocycles. The SMILES string of the molecule is CC(NP1(=O)CO[C@@H](Cn2ccc(N)nc2=O)CO1)C(=O)OCCc1ccccc1. The Hall–Kier alpha value is -2.52. The van der Waals surface area contributed by atoms with E-state index in [1.807, 2.05) is 30.3 Å². The van der Waals surface area contributed by atoms with Gasteiger partial charge in [0.15, 0.2) is 0 Å². The molecule has 1 aromatic carbocycles. The highest BCUT2D eigenvalue weighted by Gasteiger charge is 2.35. The van der Waals surface area contributed by atoms with Crippen LogP contribution >= 0.6 is 7.52 Å². The molecule has 0 aliphatic carbocycles. The van der Waals surface area contributed by atoms with E-state index in [2.05, 4.69) is 10.1 Å². The summed E-state index contributed by atoms with van der Waals surface area (Å²) in [5, 5.41) is 2.68. The van der Waals surface area contributed by atoms with Crippen LogP contribution in [0.1, 0.15) is 12.5 Å². The zero-order chi connectivity index (χ0) is 21.6. The van der Waals surface area contributed by atoms with Gasteiger partial charge in [-0.05, 0) is 18.6 Å². The van der Waals surface area contributed by atoms with Crippen molar-refractivity contribution in [3.8, 4) is 0 Å². The molecule has 2 heterocycles. The van der Waals surface area contributed by atoms with Gasteiger partial charge in [0.1, 0.15) is 24.3 Å². The monoisotopic (exact) mass is 436 g/mol. The van der Waals surface area contributed by atoms with Gasteiger partial charge >= 0.3 is 11.7 Å². The molecule has 10 nitrogen and oxygen atoms in total. The number of anilines is 1. The fourth-order valence-electron chi connectivity index (χ4n) is 2.86. The zero-order valence-corrected chi connectivity index (χ0v) is 17.5. The molecule has 2 aromatic rings. The topological polar surface area (TPSA) is 135 Å². The first-order chi connectivity index (χ1) is 14.3. The maximum Gasteiger partial charge on any atom is 0.349 e. The highest BCUT2D eigenvalue weighted by Crippen LogP contribution is 2.46. The van der Waals surface area contributed by atoms with Crippen LogP contribution < -0.4 is 16.5 Å². The number of hydrogen-bond acceptors (Lipinski definition) is 8. The fourth-order valence-corrected chi connectivity index (χ4v) is 4.59. The normalized spacial score (nSPS) is 22.4. The van der Waals surface area contributed by atoms with Gasteiger partial charge in [0.05, 0.1) is 19.8 Å². The Morgan fingerprint density at radius 3 is 2.83 bits per heavy atom. The Morgan fingerprint density at radius 1 is 1.40 bits per heavy atom. The second-order valence-corrected chi connectivity index (χ2v) is 9.05. The van der Waals surface area contributed by atoms with Gasteiger partial charge in [0.25, 0.3) is 7.52 Å². The minimum atomic E-state index is -3.37. The molecule has 1 aromatic heterocycles. The number of ether oxygens (including phenoxy) is 2. The Bertz CT molecular complexity index is 955. The Balaban J connectivity index is 1.43. The molecule has 1 saturated heterocycles. The number of aromatic nitrogens is 2. The summed E-state index contributed by atoms with van der Waals surface area (Å²) < 4.78 is 30.4. The summed E-state index contributed by atoms with van der Waals surface area (Å²) in [4.78, 5) is 27.6. The predicted octanol–water partition coefficient (Wildman–Crippen LogP) is 1.16. The number of nitrogens with one attached hydrogen (secondary N) is 1. The van der Waals surface area contributed by atoms with E-state index in [9.17, 15) is 14.2 Å². The summed E-state index contributed by atoms with van der Waals surface area (Å²) in [7, 11) is -3.37. The molecule has 0 radical (unpaired) electrons. The molecule has 0 bridgehead atoms. The Kier molecular flexibility index (Phi) is 7.38. The van der Waals surface area contributed by atoms with Crippen molar-refractivity contribution in [2.24, 2.45) is 0 Å². The quantitative estimate of drug-likeness (QED) is 0.461. The van der Waals surface area contributed by atoms with Crippen LogP contribution in [0.5, 0.6) is 0 Å². The van der Waals surface area contributed by atoms with Crippen molar-refractivity contribution in [2.45, 2.75) is 32.0 Å². The first kappa shape index (κ1) is 22.2. The maximum absolute atomic E-state index is 12.8. The lowest BCUT2D eigenvalue weighted by Gasteiger charge is -2.31. The summed E-state index contributed by atoms with van der Waals surface area (Å²) in [6.45, 7) is 1.96. The van der Waals surface area contributed by atoms with Crippen molar-refractivity contribution >= 4 is 19.3 Å².